The zero-order valence-corrected chi connectivity index (χ0v) is 11.4. The Morgan fingerprint density at radius 2 is 2.37 bits per heavy atom. The molecule has 5 nitrogen and oxygen atoms in total. The number of anilines is 1. The Balaban J connectivity index is 2.03. The SMILES string of the molecule is Cc1cc(C)c(C(=O)O)c(NCCC2CCCO2)n1. The first-order valence-electron chi connectivity index (χ1n) is 6.65. The second-order valence-electron chi connectivity index (χ2n) is 4.96. The lowest BCUT2D eigenvalue weighted by Gasteiger charge is -2.14. The standard InChI is InChI=1S/C14H20N2O3/c1-9-8-10(2)16-13(12(9)14(17)18)15-6-5-11-4-3-7-19-11/h8,11H,3-7H2,1-2H3,(H,15,16)(H,17,18). The van der Waals surface area contributed by atoms with E-state index >= 15 is 0 Å². The van der Waals surface area contributed by atoms with E-state index in [4.69, 9.17) is 4.74 Å². The molecule has 2 N–H and O–H groups in total. The Bertz CT molecular complexity index is 468. The van der Waals surface area contributed by atoms with Gasteiger partial charge in [-0.1, -0.05) is 0 Å². The van der Waals surface area contributed by atoms with Gasteiger partial charge < -0.3 is 15.2 Å². The number of ether oxygens (including phenoxy) is 1. The van der Waals surface area contributed by atoms with Crippen LogP contribution in [0.4, 0.5) is 5.82 Å². The molecule has 1 unspecified atom stereocenters. The predicted octanol–water partition coefficient (Wildman–Crippen LogP) is 2.38. The highest BCUT2D eigenvalue weighted by molar-refractivity contribution is 5.94. The Morgan fingerprint density at radius 3 is 3.00 bits per heavy atom. The fraction of sp³-hybridized carbons (Fsp3) is 0.571. The van der Waals surface area contributed by atoms with E-state index < -0.39 is 5.97 Å². The van der Waals surface area contributed by atoms with E-state index in [-0.39, 0.29) is 5.56 Å². The van der Waals surface area contributed by atoms with Gasteiger partial charge in [-0.15, -0.1) is 0 Å². The minimum Gasteiger partial charge on any atom is -0.478 e. The molecular weight excluding hydrogens is 244 g/mol. The molecule has 0 aromatic carbocycles. The number of rotatable bonds is 5. The summed E-state index contributed by atoms with van der Waals surface area (Å²) in [6.45, 7) is 5.18. The van der Waals surface area contributed by atoms with Gasteiger partial charge in [0.25, 0.3) is 0 Å². The summed E-state index contributed by atoms with van der Waals surface area (Å²) in [6.07, 6.45) is 3.39. The van der Waals surface area contributed by atoms with Gasteiger partial charge in [-0.2, -0.15) is 0 Å². The van der Waals surface area contributed by atoms with Crippen LogP contribution >= 0.6 is 0 Å². The first-order valence-corrected chi connectivity index (χ1v) is 6.65. The van der Waals surface area contributed by atoms with Gasteiger partial charge in [0, 0.05) is 18.8 Å². The summed E-state index contributed by atoms with van der Waals surface area (Å²) in [7, 11) is 0. The van der Waals surface area contributed by atoms with Crippen molar-refractivity contribution in [1.82, 2.24) is 4.98 Å². The molecule has 5 heteroatoms. The van der Waals surface area contributed by atoms with Crippen molar-refractivity contribution in [3.63, 3.8) is 0 Å². The first-order chi connectivity index (χ1) is 9.08. The van der Waals surface area contributed by atoms with Gasteiger partial charge in [-0.25, -0.2) is 9.78 Å². The number of aryl methyl sites for hydroxylation is 2. The zero-order valence-electron chi connectivity index (χ0n) is 11.4. The second kappa shape index (κ2) is 6.02. The fourth-order valence-corrected chi connectivity index (χ4v) is 2.46. The maximum absolute atomic E-state index is 11.3. The molecule has 2 heterocycles. The average molecular weight is 264 g/mol. The fourth-order valence-electron chi connectivity index (χ4n) is 2.46. The van der Waals surface area contributed by atoms with E-state index in [1.165, 1.54) is 0 Å². The molecule has 1 aliphatic heterocycles. The molecule has 19 heavy (non-hydrogen) atoms. The Hall–Kier alpha value is -1.62. The first kappa shape index (κ1) is 13.8. The minimum absolute atomic E-state index is 0.262. The topological polar surface area (TPSA) is 71.5 Å². The van der Waals surface area contributed by atoms with Crippen LogP contribution in [-0.4, -0.2) is 35.3 Å². The number of pyridine rings is 1. The molecule has 0 radical (unpaired) electrons. The number of hydrogen-bond donors (Lipinski definition) is 2. The summed E-state index contributed by atoms with van der Waals surface area (Å²) >= 11 is 0. The van der Waals surface area contributed by atoms with Crippen molar-refractivity contribution >= 4 is 11.8 Å². The Labute approximate surface area is 113 Å². The van der Waals surface area contributed by atoms with Gasteiger partial charge in [0.15, 0.2) is 0 Å². The van der Waals surface area contributed by atoms with Gasteiger partial charge in [-0.05, 0) is 44.7 Å². The van der Waals surface area contributed by atoms with Crippen LogP contribution < -0.4 is 5.32 Å². The number of hydrogen-bond acceptors (Lipinski definition) is 4. The van der Waals surface area contributed by atoms with Crippen molar-refractivity contribution in [2.75, 3.05) is 18.5 Å². The monoisotopic (exact) mass is 264 g/mol. The van der Waals surface area contributed by atoms with Crippen LogP contribution in [0.15, 0.2) is 6.07 Å². The van der Waals surface area contributed by atoms with E-state index in [9.17, 15) is 9.90 Å². The molecular formula is C14H20N2O3. The summed E-state index contributed by atoms with van der Waals surface area (Å²) in [5.41, 5.74) is 1.82. The number of carboxylic acid groups (broad SMARTS) is 1. The van der Waals surface area contributed by atoms with Gasteiger partial charge in [0.2, 0.25) is 0 Å². The van der Waals surface area contributed by atoms with Crippen molar-refractivity contribution in [3.05, 3.63) is 22.9 Å². The molecule has 1 fully saturated rings. The van der Waals surface area contributed by atoms with E-state index in [0.29, 0.717) is 18.5 Å². The number of carboxylic acids is 1. The summed E-state index contributed by atoms with van der Waals surface area (Å²) in [6, 6.07) is 1.79. The molecule has 1 aliphatic rings. The summed E-state index contributed by atoms with van der Waals surface area (Å²) in [5, 5.41) is 12.4. The maximum Gasteiger partial charge on any atom is 0.339 e. The predicted molar refractivity (Wildman–Crippen MR) is 72.8 cm³/mol. The van der Waals surface area contributed by atoms with E-state index in [2.05, 4.69) is 10.3 Å². The molecule has 0 saturated carbocycles. The normalized spacial score (nSPS) is 18.5. The van der Waals surface area contributed by atoms with Gasteiger partial charge in [0.05, 0.1) is 6.10 Å². The number of nitrogens with zero attached hydrogens (tertiary/aromatic N) is 1. The smallest absolute Gasteiger partial charge is 0.339 e. The third kappa shape index (κ3) is 3.44. The molecule has 0 bridgehead atoms. The van der Waals surface area contributed by atoms with Crippen molar-refractivity contribution in [3.8, 4) is 0 Å². The lowest BCUT2D eigenvalue weighted by Crippen LogP contribution is -2.16. The van der Waals surface area contributed by atoms with Crippen LogP contribution in [0.3, 0.4) is 0 Å². The molecule has 0 amide bonds. The van der Waals surface area contributed by atoms with Crippen LogP contribution in [0.1, 0.15) is 40.9 Å². The van der Waals surface area contributed by atoms with Crippen molar-refractivity contribution < 1.29 is 14.6 Å². The van der Waals surface area contributed by atoms with E-state index in [1.54, 1.807) is 13.0 Å². The average Bonchev–Trinajstić information content (AvgIpc) is 2.80. The second-order valence-corrected chi connectivity index (χ2v) is 4.96. The van der Waals surface area contributed by atoms with Crippen molar-refractivity contribution in [2.45, 2.75) is 39.2 Å². The number of aromatic carboxylic acids is 1. The molecule has 0 spiro atoms. The third-order valence-corrected chi connectivity index (χ3v) is 3.34. The third-order valence-electron chi connectivity index (χ3n) is 3.34. The van der Waals surface area contributed by atoms with Gasteiger partial charge >= 0.3 is 5.97 Å². The van der Waals surface area contributed by atoms with Crippen LogP contribution in [0, 0.1) is 13.8 Å². The molecule has 1 atom stereocenters. The molecule has 1 aromatic heterocycles. The lowest BCUT2D eigenvalue weighted by molar-refractivity contribution is 0.0697. The molecule has 0 aliphatic carbocycles. The van der Waals surface area contributed by atoms with Crippen molar-refractivity contribution in [2.24, 2.45) is 0 Å². The highest BCUT2D eigenvalue weighted by Crippen LogP contribution is 2.20. The molecule has 104 valence electrons. The quantitative estimate of drug-likeness (QED) is 0.854. The summed E-state index contributed by atoms with van der Waals surface area (Å²) in [4.78, 5) is 15.6. The maximum atomic E-state index is 11.3. The van der Waals surface area contributed by atoms with Crippen LogP contribution in [-0.2, 0) is 4.74 Å². The minimum atomic E-state index is -0.940. The highest BCUT2D eigenvalue weighted by Gasteiger charge is 2.17. The highest BCUT2D eigenvalue weighted by atomic mass is 16.5. The van der Waals surface area contributed by atoms with E-state index in [0.717, 1.165) is 37.1 Å². The Kier molecular flexibility index (Phi) is 4.37. The Morgan fingerprint density at radius 1 is 1.58 bits per heavy atom. The van der Waals surface area contributed by atoms with Gasteiger partial charge in [-0.3, -0.25) is 0 Å². The summed E-state index contributed by atoms with van der Waals surface area (Å²) < 4.78 is 5.54. The molecule has 1 aromatic rings. The van der Waals surface area contributed by atoms with Crippen LogP contribution in [0.25, 0.3) is 0 Å². The lowest BCUT2D eigenvalue weighted by atomic mass is 10.1. The van der Waals surface area contributed by atoms with Crippen LogP contribution in [0.5, 0.6) is 0 Å². The molecule has 2 rings (SSSR count). The summed E-state index contributed by atoms with van der Waals surface area (Å²) in [5.74, 6) is -0.479. The number of aromatic nitrogens is 1. The van der Waals surface area contributed by atoms with Gasteiger partial charge in [0.1, 0.15) is 11.4 Å². The number of carbonyl (C=O) groups is 1. The van der Waals surface area contributed by atoms with Crippen LogP contribution in [0.2, 0.25) is 0 Å². The van der Waals surface area contributed by atoms with Crippen molar-refractivity contribution in [1.29, 1.82) is 0 Å². The molecule has 1 saturated heterocycles. The van der Waals surface area contributed by atoms with E-state index in [1.807, 2.05) is 6.92 Å². The number of nitrogens with one attached hydrogen (secondary N) is 1. The zero-order chi connectivity index (χ0) is 13.8. The largest absolute Gasteiger partial charge is 0.478 e.